The maximum Gasteiger partial charge on any atom is 0.257 e. The number of ether oxygens (including phenoxy) is 1. The van der Waals surface area contributed by atoms with Crippen LogP contribution < -0.4 is 10.2 Å². The van der Waals surface area contributed by atoms with Crippen molar-refractivity contribution in [1.29, 1.82) is 0 Å². The highest BCUT2D eigenvalue weighted by Crippen LogP contribution is 2.20. The second kappa shape index (κ2) is 7.64. The fourth-order valence-electron chi connectivity index (χ4n) is 2.80. The van der Waals surface area contributed by atoms with Gasteiger partial charge in [0, 0.05) is 37.1 Å². The van der Waals surface area contributed by atoms with Crippen LogP contribution in [0.5, 0.6) is 0 Å². The topological polar surface area (TPSA) is 54.5 Å². The molecule has 0 aliphatic carbocycles. The fourth-order valence-corrected chi connectivity index (χ4v) is 2.99. The van der Waals surface area contributed by atoms with Crippen molar-refractivity contribution >= 4 is 29.0 Å². The van der Waals surface area contributed by atoms with Crippen molar-refractivity contribution in [3.63, 3.8) is 0 Å². The Morgan fingerprint density at radius 3 is 2.71 bits per heavy atom. The fraction of sp³-hybridized carbons (Fsp3) is 0.333. The number of hydrogen-bond donors (Lipinski definition) is 1. The molecule has 24 heavy (non-hydrogen) atoms. The summed E-state index contributed by atoms with van der Waals surface area (Å²) < 4.78 is 5.38. The summed E-state index contributed by atoms with van der Waals surface area (Å²) in [4.78, 5) is 18.9. The van der Waals surface area contributed by atoms with E-state index in [1.807, 2.05) is 6.07 Å². The minimum atomic E-state index is -0.200. The molecular formula is C18H20ClN3O2. The van der Waals surface area contributed by atoms with Crippen LogP contribution in [0.25, 0.3) is 0 Å². The molecule has 6 heteroatoms. The number of pyridine rings is 1. The lowest BCUT2D eigenvalue weighted by Crippen LogP contribution is -2.37. The molecule has 1 N–H and O–H groups in total. The van der Waals surface area contributed by atoms with E-state index in [4.69, 9.17) is 16.3 Å². The first kappa shape index (κ1) is 16.7. The van der Waals surface area contributed by atoms with Gasteiger partial charge in [-0.15, -0.1) is 0 Å². The highest BCUT2D eigenvalue weighted by molar-refractivity contribution is 6.30. The van der Waals surface area contributed by atoms with Crippen molar-refractivity contribution in [3.05, 3.63) is 53.2 Å². The lowest BCUT2D eigenvalue weighted by atomic mass is 10.1. The van der Waals surface area contributed by atoms with Gasteiger partial charge < -0.3 is 15.0 Å². The van der Waals surface area contributed by atoms with E-state index in [1.54, 1.807) is 43.6 Å². The van der Waals surface area contributed by atoms with Gasteiger partial charge in [0.05, 0.1) is 11.7 Å². The smallest absolute Gasteiger partial charge is 0.257 e. The molecular weight excluding hydrogens is 326 g/mol. The third kappa shape index (κ3) is 4.04. The van der Waals surface area contributed by atoms with Gasteiger partial charge in [-0.2, -0.15) is 0 Å². The molecule has 1 amide bonds. The Labute approximate surface area is 146 Å². The summed E-state index contributed by atoms with van der Waals surface area (Å²) in [6, 6.07) is 10.8. The molecule has 1 saturated heterocycles. The van der Waals surface area contributed by atoms with E-state index >= 15 is 0 Å². The summed E-state index contributed by atoms with van der Waals surface area (Å²) >= 11 is 5.92. The quantitative estimate of drug-likeness (QED) is 0.919. The maximum atomic E-state index is 12.3. The van der Waals surface area contributed by atoms with Crippen molar-refractivity contribution < 1.29 is 9.53 Å². The first-order valence-electron chi connectivity index (χ1n) is 7.96. The zero-order chi connectivity index (χ0) is 16.9. The number of carbonyl (C=O) groups is 1. The van der Waals surface area contributed by atoms with Crippen LogP contribution in [-0.2, 0) is 4.74 Å². The molecule has 1 aromatic carbocycles. The molecule has 0 atom stereocenters. The standard InChI is InChI=1S/C18H20ClN3O2/c1-24-16-7-9-22(10-8-16)17-6-5-13(12-20-17)18(23)21-15-4-2-3-14(19)11-15/h2-6,11-12,16H,7-10H2,1H3,(H,21,23). The van der Waals surface area contributed by atoms with Crippen LogP contribution in [0.4, 0.5) is 11.5 Å². The van der Waals surface area contributed by atoms with E-state index in [9.17, 15) is 4.79 Å². The number of methoxy groups -OCH3 is 1. The molecule has 0 saturated carbocycles. The van der Waals surface area contributed by atoms with Gasteiger partial charge in [0.25, 0.3) is 5.91 Å². The second-order valence-corrected chi connectivity index (χ2v) is 6.23. The van der Waals surface area contributed by atoms with Crippen molar-refractivity contribution in [2.75, 3.05) is 30.4 Å². The minimum absolute atomic E-state index is 0.200. The summed E-state index contributed by atoms with van der Waals surface area (Å²) in [7, 11) is 1.76. The number of hydrogen-bond acceptors (Lipinski definition) is 4. The zero-order valence-corrected chi connectivity index (χ0v) is 14.3. The summed E-state index contributed by atoms with van der Waals surface area (Å²) in [6.45, 7) is 1.83. The lowest BCUT2D eigenvalue weighted by molar-refractivity contribution is 0.0818. The van der Waals surface area contributed by atoms with Gasteiger partial charge in [-0.3, -0.25) is 4.79 Å². The molecule has 0 spiro atoms. The number of benzene rings is 1. The number of carbonyl (C=O) groups excluding carboxylic acids is 1. The van der Waals surface area contributed by atoms with Gasteiger partial charge in [-0.1, -0.05) is 17.7 Å². The number of amides is 1. The normalized spacial score (nSPS) is 15.3. The summed E-state index contributed by atoms with van der Waals surface area (Å²) in [5.41, 5.74) is 1.18. The van der Waals surface area contributed by atoms with Gasteiger partial charge in [-0.25, -0.2) is 4.98 Å². The number of piperidine rings is 1. The minimum Gasteiger partial charge on any atom is -0.381 e. The monoisotopic (exact) mass is 345 g/mol. The second-order valence-electron chi connectivity index (χ2n) is 5.79. The van der Waals surface area contributed by atoms with E-state index in [0.717, 1.165) is 31.7 Å². The molecule has 126 valence electrons. The molecule has 3 rings (SSSR count). The van der Waals surface area contributed by atoms with Crippen LogP contribution in [0, 0.1) is 0 Å². The molecule has 5 nitrogen and oxygen atoms in total. The molecule has 1 aromatic heterocycles. The predicted octanol–water partition coefficient (Wildman–Crippen LogP) is 3.60. The third-order valence-corrected chi connectivity index (χ3v) is 4.43. The number of nitrogens with zero attached hydrogens (tertiary/aromatic N) is 2. The van der Waals surface area contributed by atoms with Crippen molar-refractivity contribution in [3.8, 4) is 0 Å². The molecule has 1 aliphatic heterocycles. The van der Waals surface area contributed by atoms with Gasteiger partial charge >= 0.3 is 0 Å². The number of nitrogens with one attached hydrogen (secondary N) is 1. The molecule has 2 heterocycles. The van der Waals surface area contributed by atoms with Gasteiger partial charge in [0.15, 0.2) is 0 Å². The van der Waals surface area contributed by atoms with Crippen LogP contribution in [-0.4, -0.2) is 37.2 Å². The zero-order valence-electron chi connectivity index (χ0n) is 13.5. The molecule has 0 bridgehead atoms. The van der Waals surface area contributed by atoms with E-state index in [-0.39, 0.29) is 5.91 Å². The number of aromatic nitrogens is 1. The van der Waals surface area contributed by atoms with Crippen LogP contribution in [0.15, 0.2) is 42.6 Å². The highest BCUT2D eigenvalue weighted by Gasteiger charge is 2.19. The molecule has 2 aromatic rings. The largest absolute Gasteiger partial charge is 0.381 e. The Morgan fingerprint density at radius 1 is 1.29 bits per heavy atom. The van der Waals surface area contributed by atoms with Gasteiger partial charge in [0.1, 0.15) is 5.82 Å². The number of anilines is 2. The first-order valence-corrected chi connectivity index (χ1v) is 8.34. The Morgan fingerprint density at radius 2 is 2.08 bits per heavy atom. The highest BCUT2D eigenvalue weighted by atomic mass is 35.5. The maximum absolute atomic E-state index is 12.3. The average Bonchev–Trinajstić information content (AvgIpc) is 2.62. The van der Waals surface area contributed by atoms with Crippen molar-refractivity contribution in [2.45, 2.75) is 18.9 Å². The Kier molecular flexibility index (Phi) is 5.33. The number of rotatable bonds is 4. The Bertz CT molecular complexity index is 698. The van der Waals surface area contributed by atoms with E-state index in [1.165, 1.54) is 0 Å². The summed E-state index contributed by atoms with van der Waals surface area (Å²) in [5.74, 6) is 0.693. The summed E-state index contributed by atoms with van der Waals surface area (Å²) in [5, 5.41) is 3.40. The lowest BCUT2D eigenvalue weighted by Gasteiger charge is -2.32. The van der Waals surface area contributed by atoms with Crippen LogP contribution >= 0.6 is 11.6 Å². The van der Waals surface area contributed by atoms with Crippen molar-refractivity contribution in [1.82, 2.24) is 4.98 Å². The van der Waals surface area contributed by atoms with Gasteiger partial charge in [0.2, 0.25) is 0 Å². The van der Waals surface area contributed by atoms with Gasteiger partial charge in [-0.05, 0) is 43.2 Å². The predicted molar refractivity (Wildman–Crippen MR) is 95.9 cm³/mol. The molecule has 1 aliphatic rings. The average molecular weight is 346 g/mol. The first-order chi connectivity index (χ1) is 11.7. The SMILES string of the molecule is COC1CCN(c2ccc(C(=O)Nc3cccc(Cl)c3)cn2)CC1. The number of halogens is 1. The van der Waals surface area contributed by atoms with Crippen molar-refractivity contribution in [2.24, 2.45) is 0 Å². The Hall–Kier alpha value is -2.11. The van der Waals surface area contributed by atoms with Crippen LogP contribution in [0.1, 0.15) is 23.2 Å². The Balaban J connectivity index is 1.63. The van der Waals surface area contributed by atoms with E-state index in [2.05, 4.69) is 15.2 Å². The van der Waals surface area contributed by atoms with Crippen LogP contribution in [0.2, 0.25) is 5.02 Å². The molecule has 1 fully saturated rings. The molecule has 0 radical (unpaired) electrons. The van der Waals surface area contributed by atoms with E-state index in [0.29, 0.717) is 22.4 Å². The van der Waals surface area contributed by atoms with Crippen LogP contribution in [0.3, 0.4) is 0 Å². The molecule has 0 unspecified atom stereocenters. The summed E-state index contributed by atoms with van der Waals surface area (Å²) in [6.07, 6.45) is 3.94. The third-order valence-electron chi connectivity index (χ3n) is 4.19. The van der Waals surface area contributed by atoms with E-state index < -0.39 is 0 Å².